The highest BCUT2D eigenvalue weighted by Crippen LogP contribution is 2.28. The number of carbonyl (C=O) groups is 1. The van der Waals surface area contributed by atoms with E-state index in [1.54, 1.807) is 6.92 Å². The molecule has 1 aromatic carbocycles. The van der Waals surface area contributed by atoms with Gasteiger partial charge in [-0.25, -0.2) is 0 Å². The van der Waals surface area contributed by atoms with Crippen LogP contribution in [0, 0.1) is 21.8 Å². The summed E-state index contributed by atoms with van der Waals surface area (Å²) in [5.74, 6) is -2.75. The molecule has 0 aliphatic carbocycles. The van der Waals surface area contributed by atoms with Gasteiger partial charge in [-0.3, -0.25) is 14.9 Å². The van der Waals surface area contributed by atoms with Crippen molar-refractivity contribution >= 4 is 17.3 Å². The van der Waals surface area contributed by atoms with Crippen molar-refractivity contribution < 1.29 is 19.2 Å². The Kier molecular flexibility index (Phi) is 4.19. The zero-order valence-corrected chi connectivity index (χ0v) is 9.88. The average molecular weight is 256 g/mol. The number of rotatable bonds is 5. The number of benzene rings is 1. The Hall–Kier alpha value is -2.18. The van der Waals surface area contributed by atoms with Crippen molar-refractivity contribution in [3.63, 3.8) is 0 Å². The van der Waals surface area contributed by atoms with Gasteiger partial charge in [-0.05, 0) is 26.0 Å². The Morgan fingerprint density at radius 3 is 2.61 bits per heavy atom. The van der Waals surface area contributed by atoms with Crippen molar-refractivity contribution in [1.29, 1.82) is 0 Å². The topological polar surface area (TPSA) is 92.5 Å². The molecule has 0 saturated heterocycles. The molecule has 1 rings (SSSR count). The second-order valence-electron chi connectivity index (χ2n) is 3.95. The van der Waals surface area contributed by atoms with Crippen molar-refractivity contribution in [3.8, 4) is 0 Å². The van der Waals surface area contributed by atoms with E-state index < -0.39 is 34.4 Å². The average Bonchev–Trinajstić information content (AvgIpc) is 2.27. The molecule has 7 heteroatoms. The SMILES string of the molecule is CC(Nc1cccc(F)c1[N+](=O)[O-])C(C)C(=O)O. The number of aliphatic carboxylic acids is 1. The third-order valence-electron chi connectivity index (χ3n) is 2.69. The minimum Gasteiger partial charge on any atom is -0.481 e. The Morgan fingerprint density at radius 1 is 1.50 bits per heavy atom. The maximum absolute atomic E-state index is 13.3. The van der Waals surface area contributed by atoms with Crippen LogP contribution in [-0.2, 0) is 4.79 Å². The number of carboxylic acid groups (broad SMARTS) is 1. The number of nitrogens with one attached hydrogen (secondary N) is 1. The maximum atomic E-state index is 13.3. The Labute approximate surface area is 103 Å². The van der Waals surface area contributed by atoms with E-state index in [4.69, 9.17) is 5.11 Å². The molecule has 2 unspecified atom stereocenters. The van der Waals surface area contributed by atoms with Crippen LogP contribution in [0.1, 0.15) is 13.8 Å². The summed E-state index contributed by atoms with van der Waals surface area (Å²) in [5, 5.41) is 22.2. The van der Waals surface area contributed by atoms with Crippen LogP contribution in [0.15, 0.2) is 18.2 Å². The number of nitrogens with zero attached hydrogens (tertiary/aromatic N) is 1. The molecule has 0 aromatic heterocycles. The van der Waals surface area contributed by atoms with E-state index in [1.165, 1.54) is 19.1 Å². The van der Waals surface area contributed by atoms with Crippen molar-refractivity contribution in [2.24, 2.45) is 5.92 Å². The summed E-state index contributed by atoms with van der Waals surface area (Å²) >= 11 is 0. The lowest BCUT2D eigenvalue weighted by Gasteiger charge is -2.18. The highest BCUT2D eigenvalue weighted by Gasteiger charge is 2.24. The van der Waals surface area contributed by atoms with Gasteiger partial charge in [-0.1, -0.05) is 6.07 Å². The van der Waals surface area contributed by atoms with Crippen molar-refractivity contribution in [1.82, 2.24) is 0 Å². The molecular weight excluding hydrogens is 243 g/mol. The number of para-hydroxylation sites is 1. The molecule has 0 bridgehead atoms. The standard InChI is InChI=1S/C11H13FN2O4/c1-6(11(15)16)7(2)13-9-5-3-4-8(12)10(9)14(17)18/h3-7,13H,1-2H3,(H,15,16). The molecule has 98 valence electrons. The van der Waals surface area contributed by atoms with Crippen LogP contribution >= 0.6 is 0 Å². The van der Waals surface area contributed by atoms with Gasteiger partial charge in [0.1, 0.15) is 5.69 Å². The lowest BCUT2D eigenvalue weighted by Crippen LogP contribution is -2.30. The summed E-state index contributed by atoms with van der Waals surface area (Å²) in [6.07, 6.45) is 0. The zero-order chi connectivity index (χ0) is 13.9. The summed E-state index contributed by atoms with van der Waals surface area (Å²) in [6.45, 7) is 3.03. The number of hydrogen-bond donors (Lipinski definition) is 2. The molecule has 0 aliphatic rings. The molecule has 18 heavy (non-hydrogen) atoms. The van der Waals surface area contributed by atoms with Gasteiger partial charge in [-0.15, -0.1) is 0 Å². The predicted molar refractivity (Wildman–Crippen MR) is 62.9 cm³/mol. The normalized spacial score (nSPS) is 13.7. The van der Waals surface area contributed by atoms with E-state index in [0.29, 0.717) is 0 Å². The second kappa shape index (κ2) is 5.44. The van der Waals surface area contributed by atoms with E-state index in [9.17, 15) is 19.3 Å². The van der Waals surface area contributed by atoms with Crippen molar-refractivity contribution in [2.45, 2.75) is 19.9 Å². The minimum atomic E-state index is -1.03. The number of halogens is 1. The van der Waals surface area contributed by atoms with Crippen LogP contribution in [0.25, 0.3) is 0 Å². The number of nitro groups is 1. The molecule has 0 saturated carbocycles. The molecule has 1 aromatic rings. The quantitative estimate of drug-likeness (QED) is 0.622. The highest BCUT2D eigenvalue weighted by atomic mass is 19.1. The first-order valence-corrected chi connectivity index (χ1v) is 5.26. The van der Waals surface area contributed by atoms with E-state index in [1.807, 2.05) is 0 Å². The van der Waals surface area contributed by atoms with Crippen LogP contribution < -0.4 is 5.32 Å². The molecule has 0 radical (unpaired) electrons. The fourth-order valence-corrected chi connectivity index (χ4v) is 1.40. The van der Waals surface area contributed by atoms with Gasteiger partial charge >= 0.3 is 11.7 Å². The summed E-state index contributed by atoms with van der Waals surface area (Å²) in [6, 6.07) is 3.08. The summed E-state index contributed by atoms with van der Waals surface area (Å²) < 4.78 is 13.3. The van der Waals surface area contributed by atoms with Crippen molar-refractivity contribution in [2.75, 3.05) is 5.32 Å². The molecule has 0 heterocycles. The first-order valence-electron chi connectivity index (χ1n) is 5.26. The maximum Gasteiger partial charge on any atom is 0.327 e. The largest absolute Gasteiger partial charge is 0.481 e. The minimum absolute atomic E-state index is 0.0272. The molecule has 6 nitrogen and oxygen atoms in total. The second-order valence-corrected chi connectivity index (χ2v) is 3.95. The predicted octanol–water partition coefficient (Wildman–Crippen LogP) is 2.25. The molecule has 0 spiro atoms. The lowest BCUT2D eigenvalue weighted by molar-refractivity contribution is -0.386. The number of nitro benzene ring substituents is 1. The van der Waals surface area contributed by atoms with Crippen LogP contribution in [0.3, 0.4) is 0 Å². The van der Waals surface area contributed by atoms with Gasteiger partial charge in [0.25, 0.3) is 0 Å². The smallest absolute Gasteiger partial charge is 0.327 e. The number of hydrogen-bond acceptors (Lipinski definition) is 4. The Morgan fingerprint density at radius 2 is 2.11 bits per heavy atom. The molecule has 2 N–H and O–H groups in total. The zero-order valence-electron chi connectivity index (χ0n) is 9.88. The Balaban J connectivity index is 3.01. The molecular formula is C11H13FN2O4. The number of carboxylic acids is 1. The first-order chi connectivity index (χ1) is 8.34. The summed E-state index contributed by atoms with van der Waals surface area (Å²) in [4.78, 5) is 20.7. The van der Waals surface area contributed by atoms with Crippen molar-refractivity contribution in [3.05, 3.63) is 34.1 Å². The van der Waals surface area contributed by atoms with E-state index >= 15 is 0 Å². The van der Waals surface area contributed by atoms with Gasteiger partial charge in [0.2, 0.25) is 5.82 Å². The molecule has 0 amide bonds. The highest BCUT2D eigenvalue weighted by molar-refractivity contribution is 5.72. The summed E-state index contributed by atoms with van der Waals surface area (Å²) in [5.41, 5.74) is -0.706. The van der Waals surface area contributed by atoms with Gasteiger partial charge in [0, 0.05) is 6.04 Å². The monoisotopic (exact) mass is 256 g/mol. The molecule has 0 aliphatic heterocycles. The van der Waals surface area contributed by atoms with E-state index in [0.717, 1.165) is 6.07 Å². The van der Waals surface area contributed by atoms with E-state index in [-0.39, 0.29) is 5.69 Å². The molecule has 0 fully saturated rings. The lowest BCUT2D eigenvalue weighted by atomic mass is 10.0. The van der Waals surface area contributed by atoms with Crippen LogP contribution in [0.5, 0.6) is 0 Å². The van der Waals surface area contributed by atoms with Gasteiger partial charge in [-0.2, -0.15) is 4.39 Å². The molecule has 2 atom stereocenters. The fraction of sp³-hybridized carbons (Fsp3) is 0.364. The Bertz CT molecular complexity index is 478. The van der Waals surface area contributed by atoms with Crippen LogP contribution in [0.4, 0.5) is 15.8 Å². The van der Waals surface area contributed by atoms with Crippen LogP contribution in [-0.4, -0.2) is 22.0 Å². The van der Waals surface area contributed by atoms with Gasteiger partial charge in [0.05, 0.1) is 10.8 Å². The van der Waals surface area contributed by atoms with Crippen LogP contribution in [0.2, 0.25) is 0 Å². The third kappa shape index (κ3) is 2.93. The summed E-state index contributed by atoms with van der Waals surface area (Å²) in [7, 11) is 0. The number of anilines is 1. The van der Waals surface area contributed by atoms with Gasteiger partial charge in [0.15, 0.2) is 0 Å². The third-order valence-corrected chi connectivity index (χ3v) is 2.69. The van der Waals surface area contributed by atoms with Gasteiger partial charge < -0.3 is 10.4 Å². The van der Waals surface area contributed by atoms with E-state index in [2.05, 4.69) is 5.32 Å². The first kappa shape index (κ1) is 13.9. The fourth-order valence-electron chi connectivity index (χ4n) is 1.40.